The van der Waals surface area contributed by atoms with Crippen LogP contribution in [0.4, 0.5) is 34.1 Å². The maximum absolute atomic E-state index is 7.63. The van der Waals surface area contributed by atoms with E-state index in [1.165, 1.54) is 60.2 Å². The van der Waals surface area contributed by atoms with Crippen molar-refractivity contribution in [3.63, 3.8) is 0 Å². The first kappa shape index (κ1) is 40.8. The van der Waals surface area contributed by atoms with Crippen LogP contribution in [0.1, 0.15) is 0 Å². The van der Waals surface area contributed by atoms with Crippen molar-refractivity contribution in [2.24, 2.45) is 0 Å². The van der Waals surface area contributed by atoms with Crippen LogP contribution in [0.5, 0.6) is 0 Å². The molecular formula is C66H42BClN4. The number of hydrogen-bond acceptors (Lipinski definition) is 2. The highest BCUT2D eigenvalue weighted by atomic mass is 35.5. The summed E-state index contributed by atoms with van der Waals surface area (Å²) < 4.78 is 4.88. The molecule has 6 heteroatoms. The van der Waals surface area contributed by atoms with Gasteiger partial charge >= 0.3 is 0 Å². The molecule has 2 aliphatic rings. The van der Waals surface area contributed by atoms with Gasteiger partial charge in [-0.05, 0) is 111 Å². The van der Waals surface area contributed by atoms with Crippen LogP contribution in [-0.2, 0) is 0 Å². The second-order valence-corrected chi connectivity index (χ2v) is 19.4. The minimum Gasteiger partial charge on any atom is -0.309 e. The molecule has 0 atom stereocenters. The monoisotopic (exact) mass is 936 g/mol. The smallest absolute Gasteiger partial charge is 0.252 e. The molecule has 0 unspecified atom stereocenters. The number of fused-ring (bicyclic) bond motifs is 10. The molecule has 0 bridgehead atoms. The highest BCUT2D eigenvalue weighted by molar-refractivity contribution is 7.00. The van der Waals surface area contributed by atoms with E-state index < -0.39 is 0 Å². The molecule has 2 aromatic heterocycles. The lowest BCUT2D eigenvalue weighted by molar-refractivity contribution is 1.14. The lowest BCUT2D eigenvalue weighted by atomic mass is 9.33. The molecule has 0 amide bonds. The molecule has 11 aromatic carbocycles. The fourth-order valence-corrected chi connectivity index (χ4v) is 12.4. The van der Waals surface area contributed by atoms with Gasteiger partial charge in [-0.2, -0.15) is 0 Å². The standard InChI is InChI=1S/C66H42BClN4/c68-47-41-64-66-65(42-47)72(63-34-18-16-32-61(63)70-56-29-13-9-25-50(56)51-26-10-14-30-57(51)70)59-38-36-46(44-21-5-2-6-22-44)40-53(59)67(66)52-39-45(43-19-3-1-4-20-43)35-37-58(52)71(64)62-33-17-15-31-60(62)69-54-27-11-7-23-48(54)49-24-8-12-28-55(49)69/h1-42H. The van der Waals surface area contributed by atoms with Gasteiger partial charge in [-0.3, -0.25) is 0 Å². The average molecular weight is 937 g/mol. The van der Waals surface area contributed by atoms with Gasteiger partial charge in [-0.15, -0.1) is 0 Å². The molecule has 0 spiro atoms. The maximum Gasteiger partial charge on any atom is 0.252 e. The largest absolute Gasteiger partial charge is 0.309 e. The number of aromatic nitrogens is 2. The van der Waals surface area contributed by atoms with Gasteiger partial charge in [0.25, 0.3) is 6.71 Å². The number of halogens is 1. The Morgan fingerprint density at radius 1 is 0.264 bits per heavy atom. The summed E-state index contributed by atoms with van der Waals surface area (Å²) in [4.78, 5) is 4.99. The zero-order valence-corrected chi connectivity index (χ0v) is 39.7. The Bertz CT molecular complexity index is 3950. The van der Waals surface area contributed by atoms with Crippen molar-refractivity contribution in [2.75, 3.05) is 9.80 Å². The van der Waals surface area contributed by atoms with Gasteiger partial charge in [0.2, 0.25) is 0 Å². The third-order valence-electron chi connectivity index (χ3n) is 15.1. The SMILES string of the molecule is Clc1cc2c3c(c1)N(c1ccccc1-n1c4ccccc4c4ccccc41)c1ccc(-c4ccccc4)cc1B3c1cc(-c3ccccc3)ccc1N2c1ccccc1-n1c2ccccc2c2ccccc21. The summed E-state index contributed by atoms with van der Waals surface area (Å²) in [7, 11) is 0. The van der Waals surface area contributed by atoms with Crippen LogP contribution in [0.15, 0.2) is 255 Å². The summed E-state index contributed by atoms with van der Waals surface area (Å²) >= 11 is 7.63. The fraction of sp³-hybridized carbons (Fsp3) is 0. The summed E-state index contributed by atoms with van der Waals surface area (Å²) in [5.74, 6) is 0. The van der Waals surface area contributed by atoms with E-state index >= 15 is 0 Å². The van der Waals surface area contributed by atoms with E-state index in [-0.39, 0.29) is 6.71 Å². The molecule has 0 aliphatic carbocycles. The molecule has 72 heavy (non-hydrogen) atoms. The van der Waals surface area contributed by atoms with Crippen LogP contribution >= 0.6 is 11.6 Å². The Balaban J connectivity index is 1.06. The van der Waals surface area contributed by atoms with Crippen LogP contribution in [0.3, 0.4) is 0 Å². The van der Waals surface area contributed by atoms with Gasteiger partial charge in [0.15, 0.2) is 0 Å². The maximum atomic E-state index is 7.63. The molecule has 13 aromatic rings. The number of anilines is 6. The van der Waals surface area contributed by atoms with Gasteiger partial charge in [0, 0.05) is 49.3 Å². The number of nitrogens with zero attached hydrogens (tertiary/aromatic N) is 4. The van der Waals surface area contributed by atoms with Gasteiger partial charge in [0.1, 0.15) is 0 Å². The summed E-state index contributed by atoms with van der Waals surface area (Å²) in [6, 6.07) is 93.0. The van der Waals surface area contributed by atoms with Gasteiger partial charge in [-0.1, -0.05) is 194 Å². The summed E-state index contributed by atoms with van der Waals surface area (Å²) in [5, 5.41) is 5.54. The molecule has 2 aliphatic heterocycles. The first-order valence-corrected chi connectivity index (χ1v) is 25.0. The molecule has 0 N–H and O–H groups in total. The molecule has 4 heterocycles. The second kappa shape index (κ2) is 16.0. The van der Waals surface area contributed by atoms with Crippen molar-refractivity contribution in [3.05, 3.63) is 260 Å². The first-order chi connectivity index (χ1) is 35.7. The van der Waals surface area contributed by atoms with Gasteiger partial charge in [0.05, 0.1) is 44.8 Å². The molecule has 0 saturated carbocycles. The van der Waals surface area contributed by atoms with Crippen LogP contribution in [0, 0.1) is 0 Å². The molecule has 0 radical (unpaired) electrons. The van der Waals surface area contributed by atoms with Crippen LogP contribution < -0.4 is 26.2 Å². The number of para-hydroxylation sites is 8. The minimum absolute atomic E-state index is 0.155. The summed E-state index contributed by atoms with van der Waals surface area (Å²) in [5.41, 5.74) is 21.6. The first-order valence-electron chi connectivity index (χ1n) is 24.7. The highest BCUT2D eigenvalue weighted by Crippen LogP contribution is 2.50. The Morgan fingerprint density at radius 2 is 0.597 bits per heavy atom. The van der Waals surface area contributed by atoms with Crippen molar-refractivity contribution < 1.29 is 0 Å². The van der Waals surface area contributed by atoms with Crippen LogP contribution in [-0.4, -0.2) is 15.8 Å². The van der Waals surface area contributed by atoms with Crippen LogP contribution in [0.25, 0.3) is 77.2 Å². The van der Waals surface area contributed by atoms with E-state index in [4.69, 9.17) is 11.6 Å². The quantitative estimate of drug-likeness (QED) is 0.155. The number of benzene rings is 11. The number of rotatable bonds is 6. The van der Waals surface area contributed by atoms with E-state index in [9.17, 15) is 0 Å². The molecule has 336 valence electrons. The molecule has 0 fully saturated rings. The topological polar surface area (TPSA) is 16.3 Å². The highest BCUT2D eigenvalue weighted by Gasteiger charge is 2.45. The third kappa shape index (κ3) is 6.01. The summed E-state index contributed by atoms with van der Waals surface area (Å²) in [6.07, 6.45) is 0. The van der Waals surface area contributed by atoms with Crippen molar-refractivity contribution in [1.29, 1.82) is 0 Å². The second-order valence-electron chi connectivity index (χ2n) is 19.0. The lowest BCUT2D eigenvalue weighted by Crippen LogP contribution is -2.61. The van der Waals surface area contributed by atoms with E-state index in [1.807, 2.05) is 0 Å². The molecule has 15 rings (SSSR count). The van der Waals surface area contributed by atoms with Crippen molar-refractivity contribution in [3.8, 4) is 33.6 Å². The zero-order valence-electron chi connectivity index (χ0n) is 39.0. The Morgan fingerprint density at radius 3 is 0.986 bits per heavy atom. The fourth-order valence-electron chi connectivity index (χ4n) is 12.2. The van der Waals surface area contributed by atoms with E-state index in [2.05, 4.69) is 274 Å². The van der Waals surface area contributed by atoms with Crippen molar-refractivity contribution in [1.82, 2.24) is 9.13 Å². The van der Waals surface area contributed by atoms with Crippen molar-refractivity contribution >= 4 is 112 Å². The third-order valence-corrected chi connectivity index (χ3v) is 15.4. The lowest BCUT2D eigenvalue weighted by Gasteiger charge is -2.45. The minimum atomic E-state index is -0.155. The van der Waals surface area contributed by atoms with E-state index in [0.717, 1.165) is 67.6 Å². The predicted octanol–water partition coefficient (Wildman–Crippen LogP) is 16.0. The summed E-state index contributed by atoms with van der Waals surface area (Å²) in [6.45, 7) is -0.155. The predicted molar refractivity (Wildman–Crippen MR) is 305 cm³/mol. The Hall–Kier alpha value is -9.03. The number of hydrogen-bond donors (Lipinski definition) is 0. The van der Waals surface area contributed by atoms with Gasteiger partial charge in [-0.25, -0.2) is 0 Å². The van der Waals surface area contributed by atoms with Crippen LogP contribution in [0.2, 0.25) is 5.02 Å². The molecular weight excluding hydrogens is 895 g/mol. The van der Waals surface area contributed by atoms with Crippen molar-refractivity contribution in [2.45, 2.75) is 0 Å². The zero-order chi connectivity index (χ0) is 47.4. The average Bonchev–Trinajstić information content (AvgIpc) is 3.96. The van der Waals surface area contributed by atoms with E-state index in [1.54, 1.807) is 0 Å². The molecule has 0 saturated heterocycles. The Labute approximate surface area is 422 Å². The van der Waals surface area contributed by atoms with E-state index in [0.29, 0.717) is 5.02 Å². The normalized spacial score (nSPS) is 12.7. The van der Waals surface area contributed by atoms with Gasteiger partial charge < -0.3 is 18.9 Å². The Kier molecular flexibility index (Phi) is 9.08. The molecule has 4 nitrogen and oxygen atoms in total.